The Morgan fingerprint density at radius 3 is 2.58 bits per heavy atom. The fourth-order valence-electron chi connectivity index (χ4n) is 2.22. The maximum absolute atomic E-state index is 11.9. The summed E-state index contributed by atoms with van der Waals surface area (Å²) in [6.45, 7) is 5.18. The molecule has 6 heteroatoms. The molecule has 6 nitrogen and oxygen atoms in total. The van der Waals surface area contributed by atoms with Gasteiger partial charge in [-0.15, -0.1) is 0 Å². The van der Waals surface area contributed by atoms with E-state index in [0.29, 0.717) is 22.8 Å². The van der Waals surface area contributed by atoms with Crippen LogP contribution in [0.25, 0.3) is 11.0 Å². The first-order valence-electron chi connectivity index (χ1n) is 7.58. The Morgan fingerprint density at radius 1 is 1.21 bits per heavy atom. The first-order chi connectivity index (χ1) is 11.3. The lowest BCUT2D eigenvalue weighted by Crippen LogP contribution is -2.45. The molecule has 1 aromatic heterocycles. The van der Waals surface area contributed by atoms with E-state index in [2.05, 4.69) is 10.5 Å². The number of carbonyl (C=O) groups excluding carboxylic acids is 1. The van der Waals surface area contributed by atoms with Crippen LogP contribution in [0.1, 0.15) is 19.5 Å². The second kappa shape index (κ2) is 5.98. The molecule has 1 heterocycles. The zero-order valence-electron chi connectivity index (χ0n) is 13.8. The Labute approximate surface area is 139 Å². The number of anilines is 1. The van der Waals surface area contributed by atoms with Gasteiger partial charge in [0.15, 0.2) is 5.58 Å². The lowest BCUT2D eigenvalue weighted by Gasteiger charge is -2.17. The fraction of sp³-hybridized carbons (Fsp3) is 0.222. The quantitative estimate of drug-likeness (QED) is 0.765. The highest BCUT2D eigenvalue weighted by Gasteiger charge is 2.21. The number of aromatic nitrogens is 1. The van der Waals surface area contributed by atoms with Crippen molar-refractivity contribution in [2.24, 2.45) is 5.73 Å². The van der Waals surface area contributed by atoms with E-state index in [1.165, 1.54) is 0 Å². The largest absolute Gasteiger partial charge is 0.457 e. The molecule has 0 spiro atoms. The third kappa shape index (κ3) is 3.23. The highest BCUT2D eigenvalue weighted by Crippen LogP contribution is 2.32. The maximum Gasteiger partial charge on any atom is 0.243 e. The van der Waals surface area contributed by atoms with Crippen LogP contribution in [0.3, 0.4) is 0 Å². The number of nitrogens with two attached hydrogens (primary N) is 1. The number of carbonyl (C=O) groups is 1. The van der Waals surface area contributed by atoms with Gasteiger partial charge in [0, 0.05) is 5.69 Å². The van der Waals surface area contributed by atoms with Crippen LogP contribution in [-0.4, -0.2) is 16.6 Å². The Morgan fingerprint density at radius 2 is 1.92 bits per heavy atom. The Hall–Kier alpha value is -2.86. The molecule has 0 saturated heterocycles. The molecular weight excluding hydrogens is 306 g/mol. The highest BCUT2D eigenvalue weighted by molar-refractivity contribution is 5.97. The van der Waals surface area contributed by atoms with Crippen molar-refractivity contribution in [1.29, 1.82) is 0 Å². The minimum Gasteiger partial charge on any atom is -0.457 e. The van der Waals surface area contributed by atoms with E-state index in [9.17, 15) is 4.79 Å². The molecule has 3 N–H and O–H groups in total. The molecule has 3 rings (SSSR count). The molecule has 0 fully saturated rings. The molecule has 0 aliphatic heterocycles. The van der Waals surface area contributed by atoms with E-state index in [-0.39, 0.29) is 5.91 Å². The van der Waals surface area contributed by atoms with E-state index < -0.39 is 5.54 Å². The van der Waals surface area contributed by atoms with Gasteiger partial charge >= 0.3 is 0 Å². The number of fused-ring (bicyclic) bond motifs is 1. The second-order valence-electron chi connectivity index (χ2n) is 6.20. The van der Waals surface area contributed by atoms with Crippen LogP contribution in [0.15, 0.2) is 47.0 Å². The molecule has 0 radical (unpaired) electrons. The monoisotopic (exact) mass is 325 g/mol. The number of hydrogen-bond donors (Lipinski definition) is 2. The van der Waals surface area contributed by atoms with Gasteiger partial charge in [-0.25, -0.2) is 0 Å². The minimum absolute atomic E-state index is 0.249. The van der Waals surface area contributed by atoms with Crippen LogP contribution in [0, 0.1) is 6.92 Å². The van der Waals surface area contributed by atoms with Crippen molar-refractivity contribution < 1.29 is 14.1 Å². The third-order valence-corrected chi connectivity index (χ3v) is 3.56. The van der Waals surface area contributed by atoms with E-state index in [1.807, 2.05) is 25.1 Å². The van der Waals surface area contributed by atoms with Crippen molar-refractivity contribution in [3.05, 3.63) is 48.2 Å². The van der Waals surface area contributed by atoms with Gasteiger partial charge in [0.1, 0.15) is 11.5 Å². The van der Waals surface area contributed by atoms with Crippen molar-refractivity contribution in [2.45, 2.75) is 26.3 Å². The lowest BCUT2D eigenvalue weighted by molar-refractivity contribution is -0.120. The van der Waals surface area contributed by atoms with Crippen molar-refractivity contribution >= 4 is 22.6 Å². The summed E-state index contributed by atoms with van der Waals surface area (Å²) in [7, 11) is 0. The average molecular weight is 325 g/mol. The van der Waals surface area contributed by atoms with Gasteiger partial charge in [-0.2, -0.15) is 0 Å². The number of benzene rings is 2. The smallest absolute Gasteiger partial charge is 0.243 e. The third-order valence-electron chi connectivity index (χ3n) is 3.56. The molecule has 3 aromatic rings. The molecule has 124 valence electrons. The summed E-state index contributed by atoms with van der Waals surface area (Å²) in [4.78, 5) is 11.9. The summed E-state index contributed by atoms with van der Waals surface area (Å²) < 4.78 is 11.2. The molecule has 0 aliphatic rings. The predicted molar refractivity (Wildman–Crippen MR) is 92.2 cm³/mol. The number of hydrogen-bond acceptors (Lipinski definition) is 5. The van der Waals surface area contributed by atoms with Crippen LogP contribution in [0.2, 0.25) is 0 Å². The number of nitrogens with zero attached hydrogens (tertiary/aromatic N) is 1. The average Bonchev–Trinajstić information content (AvgIpc) is 2.91. The minimum atomic E-state index is -0.934. The van der Waals surface area contributed by atoms with Crippen LogP contribution in [-0.2, 0) is 4.79 Å². The van der Waals surface area contributed by atoms with Gasteiger partial charge in [-0.1, -0.05) is 11.2 Å². The van der Waals surface area contributed by atoms with Gasteiger partial charge in [0.05, 0.1) is 16.6 Å². The molecule has 0 atom stereocenters. The number of rotatable bonds is 4. The normalized spacial score (nSPS) is 11.5. The molecule has 2 aromatic carbocycles. The maximum atomic E-state index is 11.9. The van der Waals surface area contributed by atoms with Crippen LogP contribution in [0.5, 0.6) is 11.5 Å². The Bertz CT molecular complexity index is 877. The Kier molecular flexibility index (Phi) is 3.99. The van der Waals surface area contributed by atoms with E-state index in [1.54, 1.807) is 38.1 Å². The van der Waals surface area contributed by atoms with E-state index in [0.717, 1.165) is 11.1 Å². The molecule has 0 aliphatic carbocycles. The summed E-state index contributed by atoms with van der Waals surface area (Å²) in [5, 5.41) is 7.56. The van der Waals surface area contributed by atoms with E-state index >= 15 is 0 Å². The number of ether oxygens (including phenoxy) is 1. The summed E-state index contributed by atoms with van der Waals surface area (Å²) in [6.07, 6.45) is 0. The number of aryl methyl sites for hydroxylation is 1. The lowest BCUT2D eigenvalue weighted by atomic mass is 10.1. The first-order valence-corrected chi connectivity index (χ1v) is 7.58. The Balaban J connectivity index is 1.79. The molecule has 0 saturated carbocycles. The zero-order valence-corrected chi connectivity index (χ0v) is 13.8. The highest BCUT2D eigenvalue weighted by atomic mass is 16.5. The van der Waals surface area contributed by atoms with Gasteiger partial charge in [-0.05, 0) is 57.2 Å². The van der Waals surface area contributed by atoms with Crippen molar-refractivity contribution in [3.8, 4) is 11.5 Å². The SMILES string of the molecule is Cc1noc2cccc(Oc3ccc(NC(=O)C(C)(C)N)cc3)c12. The van der Waals surface area contributed by atoms with Crippen molar-refractivity contribution in [1.82, 2.24) is 5.16 Å². The topological polar surface area (TPSA) is 90.4 Å². The van der Waals surface area contributed by atoms with Gasteiger partial charge in [0.25, 0.3) is 0 Å². The molecule has 1 amide bonds. The summed E-state index contributed by atoms with van der Waals surface area (Å²) in [6, 6.07) is 12.6. The van der Waals surface area contributed by atoms with Crippen molar-refractivity contribution in [2.75, 3.05) is 5.32 Å². The molecule has 0 unspecified atom stereocenters. The molecule has 0 bridgehead atoms. The molecule has 24 heavy (non-hydrogen) atoms. The summed E-state index contributed by atoms with van der Waals surface area (Å²) >= 11 is 0. The van der Waals surface area contributed by atoms with Crippen LogP contribution < -0.4 is 15.8 Å². The number of amides is 1. The predicted octanol–water partition coefficient (Wildman–Crippen LogP) is 3.60. The number of nitrogens with one attached hydrogen (secondary N) is 1. The van der Waals surface area contributed by atoms with Gasteiger partial charge in [-0.3, -0.25) is 4.79 Å². The van der Waals surface area contributed by atoms with Gasteiger partial charge < -0.3 is 20.3 Å². The second-order valence-corrected chi connectivity index (χ2v) is 6.20. The summed E-state index contributed by atoms with van der Waals surface area (Å²) in [5.74, 6) is 1.07. The molecular formula is C18H19N3O3. The van der Waals surface area contributed by atoms with Crippen LogP contribution >= 0.6 is 0 Å². The van der Waals surface area contributed by atoms with Crippen molar-refractivity contribution in [3.63, 3.8) is 0 Å². The first kappa shape index (κ1) is 16.0. The van der Waals surface area contributed by atoms with E-state index in [4.69, 9.17) is 15.0 Å². The standard InChI is InChI=1S/C18H19N3O3/c1-11-16-14(5-4-6-15(16)24-21-11)23-13-9-7-12(8-10-13)20-17(22)18(2,3)19/h4-10H,19H2,1-3H3,(H,20,22). The van der Waals surface area contributed by atoms with Gasteiger partial charge in [0.2, 0.25) is 5.91 Å². The zero-order chi connectivity index (χ0) is 17.3. The summed E-state index contributed by atoms with van der Waals surface area (Å²) in [5.41, 5.74) is 6.94. The fourth-order valence-corrected chi connectivity index (χ4v) is 2.22. The van der Waals surface area contributed by atoms with Crippen LogP contribution in [0.4, 0.5) is 5.69 Å².